The van der Waals surface area contributed by atoms with Crippen LogP contribution in [0, 0.1) is 17.7 Å². The Morgan fingerprint density at radius 3 is 2.89 bits per heavy atom. The van der Waals surface area contributed by atoms with Crippen LogP contribution in [0.5, 0.6) is 0 Å². The van der Waals surface area contributed by atoms with E-state index in [4.69, 9.17) is 17.4 Å². The molecule has 0 amide bonds. The third-order valence-electron chi connectivity index (χ3n) is 4.22. The number of hydrogen-bond donors (Lipinski definition) is 2. The molecule has 3 atom stereocenters. The van der Waals surface area contributed by atoms with Crippen molar-refractivity contribution < 1.29 is 4.39 Å². The van der Waals surface area contributed by atoms with Crippen LogP contribution >= 0.6 is 11.6 Å². The number of rotatable bonds is 4. The molecule has 0 aliphatic heterocycles. The van der Waals surface area contributed by atoms with Crippen LogP contribution in [-0.2, 0) is 6.42 Å². The van der Waals surface area contributed by atoms with Crippen molar-refractivity contribution in [1.82, 2.24) is 5.43 Å². The molecule has 106 valence electrons. The number of benzene rings is 1. The molecule has 0 spiro atoms. The summed E-state index contributed by atoms with van der Waals surface area (Å²) in [5, 5.41) is 0.435. The summed E-state index contributed by atoms with van der Waals surface area (Å²) in [5.41, 5.74) is 3.57. The quantitative estimate of drug-likeness (QED) is 0.654. The zero-order valence-corrected chi connectivity index (χ0v) is 12.1. The van der Waals surface area contributed by atoms with E-state index in [2.05, 4.69) is 12.3 Å². The highest BCUT2D eigenvalue weighted by atomic mass is 35.5. The van der Waals surface area contributed by atoms with E-state index in [0.29, 0.717) is 22.9 Å². The number of hydrogen-bond acceptors (Lipinski definition) is 2. The van der Waals surface area contributed by atoms with Gasteiger partial charge in [0.25, 0.3) is 0 Å². The standard InChI is InChI=1S/C15H22ClFN2/c1-10-3-2-4-12(7-10)15(19-18)8-11-5-6-13(16)9-14(11)17/h5-6,9-10,12,15,19H,2-4,7-8,18H2,1H3. The van der Waals surface area contributed by atoms with E-state index in [9.17, 15) is 4.39 Å². The summed E-state index contributed by atoms with van der Waals surface area (Å²) < 4.78 is 13.8. The van der Waals surface area contributed by atoms with Crippen LogP contribution in [0.15, 0.2) is 18.2 Å². The first kappa shape index (κ1) is 14.8. The van der Waals surface area contributed by atoms with E-state index in [1.54, 1.807) is 12.1 Å². The fourth-order valence-electron chi connectivity index (χ4n) is 3.13. The minimum atomic E-state index is -0.239. The van der Waals surface area contributed by atoms with Gasteiger partial charge in [0.2, 0.25) is 0 Å². The summed E-state index contributed by atoms with van der Waals surface area (Å²) in [4.78, 5) is 0. The third kappa shape index (κ3) is 3.91. The molecule has 1 aromatic carbocycles. The summed E-state index contributed by atoms with van der Waals surface area (Å²) in [6, 6.07) is 5.00. The van der Waals surface area contributed by atoms with Gasteiger partial charge >= 0.3 is 0 Å². The van der Waals surface area contributed by atoms with Crippen molar-refractivity contribution >= 4 is 11.6 Å². The van der Waals surface area contributed by atoms with Crippen molar-refractivity contribution in [1.29, 1.82) is 0 Å². The van der Waals surface area contributed by atoms with Gasteiger partial charge in [-0.3, -0.25) is 11.3 Å². The van der Waals surface area contributed by atoms with E-state index < -0.39 is 0 Å². The van der Waals surface area contributed by atoms with Gasteiger partial charge in [-0.05, 0) is 48.8 Å². The Morgan fingerprint density at radius 1 is 1.47 bits per heavy atom. The minimum Gasteiger partial charge on any atom is -0.271 e. The highest BCUT2D eigenvalue weighted by molar-refractivity contribution is 6.30. The molecule has 1 aliphatic rings. The maximum absolute atomic E-state index is 13.8. The van der Waals surface area contributed by atoms with Crippen LogP contribution in [0.2, 0.25) is 5.02 Å². The van der Waals surface area contributed by atoms with Gasteiger partial charge in [-0.2, -0.15) is 0 Å². The number of halogens is 2. The van der Waals surface area contributed by atoms with Gasteiger partial charge in [0, 0.05) is 11.1 Å². The lowest BCUT2D eigenvalue weighted by Crippen LogP contribution is -2.44. The second kappa shape index (κ2) is 6.69. The number of hydrazine groups is 1. The molecule has 0 aromatic heterocycles. The summed E-state index contributed by atoms with van der Waals surface area (Å²) in [6.07, 6.45) is 5.51. The molecule has 0 heterocycles. The Bertz CT molecular complexity index is 425. The van der Waals surface area contributed by atoms with Gasteiger partial charge in [-0.25, -0.2) is 4.39 Å². The van der Waals surface area contributed by atoms with Crippen LogP contribution in [0.4, 0.5) is 4.39 Å². The molecular weight excluding hydrogens is 263 g/mol. The van der Waals surface area contributed by atoms with E-state index in [0.717, 1.165) is 5.92 Å². The molecule has 2 nitrogen and oxygen atoms in total. The molecular formula is C15H22ClFN2. The SMILES string of the molecule is CC1CCCC(C(Cc2ccc(Cl)cc2F)NN)C1. The second-order valence-corrected chi connectivity index (χ2v) is 6.18. The maximum Gasteiger partial charge on any atom is 0.127 e. The molecule has 0 saturated heterocycles. The minimum absolute atomic E-state index is 0.137. The van der Waals surface area contributed by atoms with Crippen molar-refractivity contribution in [2.45, 2.75) is 45.1 Å². The predicted octanol–water partition coefficient (Wildman–Crippen LogP) is 3.68. The topological polar surface area (TPSA) is 38.0 Å². The first-order chi connectivity index (χ1) is 9.10. The highest BCUT2D eigenvalue weighted by Gasteiger charge is 2.26. The van der Waals surface area contributed by atoms with Gasteiger partial charge in [0.05, 0.1) is 0 Å². The lowest BCUT2D eigenvalue weighted by Gasteiger charge is -2.33. The van der Waals surface area contributed by atoms with Gasteiger partial charge in [0.15, 0.2) is 0 Å². The first-order valence-electron chi connectivity index (χ1n) is 7.00. The van der Waals surface area contributed by atoms with Crippen molar-refractivity contribution in [2.24, 2.45) is 17.7 Å². The normalized spacial score (nSPS) is 25.3. The molecule has 4 heteroatoms. The van der Waals surface area contributed by atoms with Crippen molar-refractivity contribution in [3.63, 3.8) is 0 Å². The van der Waals surface area contributed by atoms with E-state index in [-0.39, 0.29) is 11.9 Å². The monoisotopic (exact) mass is 284 g/mol. The molecule has 1 aliphatic carbocycles. The van der Waals surface area contributed by atoms with Crippen molar-refractivity contribution in [3.8, 4) is 0 Å². The molecule has 3 N–H and O–H groups in total. The van der Waals surface area contributed by atoms with Gasteiger partial charge < -0.3 is 0 Å². The number of nitrogens with one attached hydrogen (secondary N) is 1. The van der Waals surface area contributed by atoms with Crippen LogP contribution in [0.3, 0.4) is 0 Å². The molecule has 1 aromatic rings. The first-order valence-corrected chi connectivity index (χ1v) is 7.38. The Balaban J connectivity index is 2.05. The molecule has 0 radical (unpaired) electrons. The smallest absolute Gasteiger partial charge is 0.127 e. The van der Waals surface area contributed by atoms with E-state index in [1.165, 1.54) is 31.7 Å². The predicted molar refractivity (Wildman–Crippen MR) is 77.3 cm³/mol. The van der Waals surface area contributed by atoms with Crippen LogP contribution < -0.4 is 11.3 Å². The number of nitrogens with two attached hydrogens (primary N) is 1. The van der Waals surface area contributed by atoms with Crippen LogP contribution in [0.1, 0.15) is 38.2 Å². The lowest BCUT2D eigenvalue weighted by atomic mass is 9.77. The molecule has 3 unspecified atom stereocenters. The zero-order chi connectivity index (χ0) is 13.8. The summed E-state index contributed by atoms with van der Waals surface area (Å²) in [5.74, 6) is 6.71. The molecule has 1 saturated carbocycles. The van der Waals surface area contributed by atoms with Crippen LogP contribution in [-0.4, -0.2) is 6.04 Å². The lowest BCUT2D eigenvalue weighted by molar-refractivity contribution is 0.221. The average Bonchev–Trinajstić information content (AvgIpc) is 2.38. The third-order valence-corrected chi connectivity index (χ3v) is 4.45. The molecule has 0 bridgehead atoms. The Kier molecular flexibility index (Phi) is 5.20. The summed E-state index contributed by atoms with van der Waals surface area (Å²) in [7, 11) is 0. The van der Waals surface area contributed by atoms with Crippen molar-refractivity contribution in [3.05, 3.63) is 34.6 Å². The highest BCUT2D eigenvalue weighted by Crippen LogP contribution is 2.32. The summed E-state index contributed by atoms with van der Waals surface area (Å²) in [6.45, 7) is 2.28. The summed E-state index contributed by atoms with van der Waals surface area (Å²) >= 11 is 5.77. The van der Waals surface area contributed by atoms with E-state index >= 15 is 0 Å². The maximum atomic E-state index is 13.8. The van der Waals surface area contributed by atoms with Gasteiger partial charge in [0.1, 0.15) is 5.82 Å². The molecule has 2 rings (SSSR count). The Labute approximate surface area is 119 Å². The molecule has 19 heavy (non-hydrogen) atoms. The Morgan fingerprint density at radius 2 is 2.26 bits per heavy atom. The van der Waals surface area contributed by atoms with Crippen LogP contribution in [0.25, 0.3) is 0 Å². The fourth-order valence-corrected chi connectivity index (χ4v) is 3.29. The van der Waals surface area contributed by atoms with Gasteiger partial charge in [-0.1, -0.05) is 37.4 Å². The fraction of sp³-hybridized carbons (Fsp3) is 0.600. The van der Waals surface area contributed by atoms with Gasteiger partial charge in [-0.15, -0.1) is 0 Å². The van der Waals surface area contributed by atoms with Crippen molar-refractivity contribution in [2.75, 3.05) is 0 Å². The molecule has 1 fully saturated rings. The zero-order valence-electron chi connectivity index (χ0n) is 11.3. The average molecular weight is 285 g/mol. The Hall–Kier alpha value is -0.640. The second-order valence-electron chi connectivity index (χ2n) is 5.74. The largest absolute Gasteiger partial charge is 0.271 e. The van der Waals surface area contributed by atoms with E-state index in [1.807, 2.05) is 0 Å².